The molecule has 0 aliphatic carbocycles. The quantitative estimate of drug-likeness (QED) is 0.787. The smallest absolute Gasteiger partial charge is 0.341 e. The number of morpholine rings is 1. The molecule has 1 saturated heterocycles. The van der Waals surface area contributed by atoms with Gasteiger partial charge in [0.25, 0.3) is 0 Å². The summed E-state index contributed by atoms with van der Waals surface area (Å²) >= 11 is 0. The fourth-order valence-corrected chi connectivity index (χ4v) is 2.27. The molecule has 0 amide bonds. The van der Waals surface area contributed by atoms with Crippen LogP contribution in [0, 0.1) is 6.92 Å². The van der Waals surface area contributed by atoms with E-state index in [4.69, 9.17) is 9.47 Å². The summed E-state index contributed by atoms with van der Waals surface area (Å²) in [4.78, 5) is 22.6. The van der Waals surface area contributed by atoms with Crippen LogP contribution in [0.2, 0.25) is 0 Å². The topological polar surface area (TPSA) is 76.6 Å². The molecule has 1 fully saturated rings. The van der Waals surface area contributed by atoms with Crippen molar-refractivity contribution in [3.8, 4) is 0 Å². The number of hydrogen-bond donors (Lipinski definition) is 1. The van der Waals surface area contributed by atoms with Crippen LogP contribution in [0.15, 0.2) is 6.20 Å². The number of aromatic nitrogens is 2. The third-order valence-electron chi connectivity index (χ3n) is 3.32. The van der Waals surface area contributed by atoms with E-state index >= 15 is 0 Å². The lowest BCUT2D eigenvalue weighted by Crippen LogP contribution is -2.47. The van der Waals surface area contributed by atoms with Crippen molar-refractivity contribution >= 4 is 11.9 Å². The van der Waals surface area contributed by atoms with E-state index < -0.39 is 0 Å². The first kappa shape index (κ1) is 15.7. The number of likely N-dealkylation sites (N-methyl/N-ethyl adjacent to an activating group) is 1. The molecule has 0 radical (unpaired) electrons. The van der Waals surface area contributed by atoms with Crippen molar-refractivity contribution in [1.82, 2.24) is 15.3 Å². The molecule has 0 aromatic carbocycles. The number of esters is 1. The molecular weight excluding hydrogens is 272 g/mol. The first-order valence-corrected chi connectivity index (χ1v) is 7.17. The standard InChI is InChI=1S/C14H22N4O3/c1-4-20-13(19)12-8-16-14(17-10(12)2)18-5-6-21-11(9-18)7-15-3/h8,11,15H,4-7,9H2,1-3H3. The van der Waals surface area contributed by atoms with Crippen molar-refractivity contribution in [2.75, 3.05) is 44.8 Å². The first-order valence-electron chi connectivity index (χ1n) is 7.17. The number of nitrogens with zero attached hydrogens (tertiary/aromatic N) is 3. The Morgan fingerprint density at radius 3 is 3.10 bits per heavy atom. The number of hydrogen-bond acceptors (Lipinski definition) is 7. The number of ether oxygens (including phenoxy) is 2. The van der Waals surface area contributed by atoms with E-state index in [1.165, 1.54) is 6.20 Å². The highest BCUT2D eigenvalue weighted by Gasteiger charge is 2.23. The molecule has 1 N–H and O–H groups in total. The minimum absolute atomic E-state index is 0.123. The van der Waals surface area contributed by atoms with Gasteiger partial charge in [-0.05, 0) is 20.9 Å². The summed E-state index contributed by atoms with van der Waals surface area (Å²) in [5.74, 6) is 0.251. The van der Waals surface area contributed by atoms with Crippen molar-refractivity contribution in [3.05, 3.63) is 17.5 Å². The Balaban J connectivity index is 2.10. The number of anilines is 1. The Morgan fingerprint density at radius 1 is 1.62 bits per heavy atom. The van der Waals surface area contributed by atoms with Gasteiger partial charge in [-0.15, -0.1) is 0 Å². The van der Waals surface area contributed by atoms with Crippen LogP contribution in [0.3, 0.4) is 0 Å². The molecule has 0 spiro atoms. The number of carbonyl (C=O) groups excluding carboxylic acids is 1. The molecule has 7 heteroatoms. The zero-order valence-corrected chi connectivity index (χ0v) is 12.8. The lowest BCUT2D eigenvalue weighted by molar-refractivity contribution is 0.0415. The summed E-state index contributed by atoms with van der Waals surface area (Å²) in [6, 6.07) is 0. The lowest BCUT2D eigenvalue weighted by Gasteiger charge is -2.33. The van der Waals surface area contributed by atoms with Gasteiger partial charge in [0.15, 0.2) is 0 Å². The summed E-state index contributed by atoms with van der Waals surface area (Å²) in [6.45, 7) is 6.83. The van der Waals surface area contributed by atoms with Gasteiger partial charge in [-0.25, -0.2) is 14.8 Å². The van der Waals surface area contributed by atoms with Crippen molar-refractivity contribution in [2.24, 2.45) is 0 Å². The maximum absolute atomic E-state index is 11.7. The van der Waals surface area contributed by atoms with E-state index in [9.17, 15) is 4.79 Å². The minimum atomic E-state index is -0.378. The number of carbonyl (C=O) groups is 1. The molecule has 116 valence electrons. The molecule has 2 rings (SSSR count). The van der Waals surface area contributed by atoms with Gasteiger partial charge in [0.2, 0.25) is 5.95 Å². The van der Waals surface area contributed by atoms with Crippen molar-refractivity contribution in [1.29, 1.82) is 0 Å². The Morgan fingerprint density at radius 2 is 2.43 bits per heavy atom. The molecule has 2 heterocycles. The van der Waals surface area contributed by atoms with Crippen LogP contribution in [0.1, 0.15) is 23.0 Å². The monoisotopic (exact) mass is 294 g/mol. The SMILES string of the molecule is CCOC(=O)c1cnc(N2CCOC(CNC)C2)nc1C. The number of aryl methyl sites for hydroxylation is 1. The van der Waals surface area contributed by atoms with Crippen LogP contribution >= 0.6 is 0 Å². The molecule has 1 unspecified atom stereocenters. The summed E-state index contributed by atoms with van der Waals surface area (Å²) < 4.78 is 10.6. The van der Waals surface area contributed by atoms with Crippen LogP contribution < -0.4 is 10.2 Å². The van der Waals surface area contributed by atoms with Crippen molar-refractivity contribution in [2.45, 2.75) is 20.0 Å². The average molecular weight is 294 g/mol. The van der Waals surface area contributed by atoms with Crippen LogP contribution in [-0.2, 0) is 9.47 Å². The average Bonchev–Trinajstić information content (AvgIpc) is 2.48. The molecule has 1 atom stereocenters. The van der Waals surface area contributed by atoms with Gasteiger partial charge >= 0.3 is 5.97 Å². The predicted molar refractivity (Wildman–Crippen MR) is 78.6 cm³/mol. The summed E-state index contributed by atoms with van der Waals surface area (Å²) in [5, 5.41) is 3.11. The second-order valence-electron chi connectivity index (χ2n) is 4.89. The molecule has 0 bridgehead atoms. The van der Waals surface area contributed by atoms with E-state index in [1.54, 1.807) is 13.8 Å². The molecule has 1 aliphatic heterocycles. The van der Waals surface area contributed by atoms with E-state index in [0.29, 0.717) is 30.4 Å². The van der Waals surface area contributed by atoms with Gasteiger partial charge in [0.05, 0.1) is 30.6 Å². The Kier molecular flexibility index (Phi) is 5.46. The van der Waals surface area contributed by atoms with Gasteiger partial charge in [-0.1, -0.05) is 0 Å². The van der Waals surface area contributed by atoms with Gasteiger partial charge in [0.1, 0.15) is 0 Å². The number of nitrogens with one attached hydrogen (secondary N) is 1. The van der Waals surface area contributed by atoms with Gasteiger partial charge in [-0.2, -0.15) is 0 Å². The molecular formula is C14H22N4O3. The van der Waals surface area contributed by atoms with Crippen molar-refractivity contribution in [3.63, 3.8) is 0 Å². The van der Waals surface area contributed by atoms with Crippen molar-refractivity contribution < 1.29 is 14.3 Å². The molecule has 1 aromatic rings. The maximum atomic E-state index is 11.7. The van der Waals surface area contributed by atoms with Crippen LogP contribution in [0.25, 0.3) is 0 Å². The largest absolute Gasteiger partial charge is 0.462 e. The molecule has 1 aromatic heterocycles. The molecule has 7 nitrogen and oxygen atoms in total. The first-order chi connectivity index (χ1) is 10.2. The zero-order valence-electron chi connectivity index (χ0n) is 12.8. The number of rotatable bonds is 5. The van der Waals surface area contributed by atoms with Crippen LogP contribution in [0.5, 0.6) is 0 Å². The van der Waals surface area contributed by atoms with Gasteiger partial charge in [0, 0.05) is 25.8 Å². The van der Waals surface area contributed by atoms with E-state index in [0.717, 1.165) is 19.6 Å². The molecule has 21 heavy (non-hydrogen) atoms. The Hall–Kier alpha value is -1.73. The summed E-state index contributed by atoms with van der Waals surface area (Å²) in [5.41, 5.74) is 1.05. The Labute approximate surface area is 124 Å². The minimum Gasteiger partial charge on any atom is -0.462 e. The highest BCUT2D eigenvalue weighted by molar-refractivity contribution is 5.90. The van der Waals surface area contributed by atoms with Crippen LogP contribution in [0.4, 0.5) is 5.95 Å². The highest BCUT2D eigenvalue weighted by atomic mass is 16.5. The highest BCUT2D eigenvalue weighted by Crippen LogP contribution is 2.15. The van der Waals surface area contributed by atoms with E-state index in [1.807, 2.05) is 7.05 Å². The fraction of sp³-hybridized carbons (Fsp3) is 0.643. The second-order valence-corrected chi connectivity index (χ2v) is 4.89. The maximum Gasteiger partial charge on any atom is 0.341 e. The van der Waals surface area contributed by atoms with Crippen LogP contribution in [-0.4, -0.2) is 61.9 Å². The van der Waals surface area contributed by atoms with E-state index in [2.05, 4.69) is 20.2 Å². The second kappa shape index (κ2) is 7.33. The van der Waals surface area contributed by atoms with Gasteiger partial charge < -0.3 is 19.7 Å². The third-order valence-corrected chi connectivity index (χ3v) is 3.32. The molecule has 0 saturated carbocycles. The molecule has 1 aliphatic rings. The van der Waals surface area contributed by atoms with Gasteiger partial charge in [-0.3, -0.25) is 0 Å². The predicted octanol–water partition coefficient (Wildman–Crippen LogP) is 0.386. The fourth-order valence-electron chi connectivity index (χ4n) is 2.27. The summed E-state index contributed by atoms with van der Waals surface area (Å²) in [7, 11) is 1.90. The third kappa shape index (κ3) is 3.89. The summed E-state index contributed by atoms with van der Waals surface area (Å²) in [6.07, 6.45) is 1.66. The van der Waals surface area contributed by atoms with E-state index in [-0.39, 0.29) is 12.1 Å². The Bertz CT molecular complexity index is 493. The zero-order chi connectivity index (χ0) is 15.2. The lowest BCUT2D eigenvalue weighted by atomic mass is 10.2. The normalized spacial score (nSPS) is 18.6.